The Morgan fingerprint density at radius 3 is 2.67 bits per heavy atom. The number of hydrazine groups is 1. The topological polar surface area (TPSA) is 51.2 Å². The molecule has 4 heteroatoms. The van der Waals surface area contributed by atoms with Crippen LogP contribution in [0.2, 0.25) is 0 Å². The molecule has 0 aliphatic carbocycles. The number of nitrogens with one attached hydrogen (secondary N) is 1. The first kappa shape index (κ1) is 12.8. The summed E-state index contributed by atoms with van der Waals surface area (Å²) in [7, 11) is 0. The van der Waals surface area contributed by atoms with E-state index < -0.39 is 0 Å². The van der Waals surface area contributed by atoms with Crippen LogP contribution in [0.3, 0.4) is 0 Å². The molecule has 0 amide bonds. The standard InChI is InChI=1S/C14H17FN2O/c1-9-3-5-12(15)7-11(9)8-13(17-16)14-6-4-10(2)18-14/h3-7,13,17H,8,16H2,1-2H3. The monoisotopic (exact) mass is 248 g/mol. The number of aryl methyl sites for hydroxylation is 2. The second kappa shape index (κ2) is 5.33. The number of hydrogen-bond donors (Lipinski definition) is 2. The van der Waals surface area contributed by atoms with Crippen molar-refractivity contribution in [3.63, 3.8) is 0 Å². The predicted molar refractivity (Wildman–Crippen MR) is 68.4 cm³/mol. The van der Waals surface area contributed by atoms with E-state index in [0.29, 0.717) is 6.42 Å². The van der Waals surface area contributed by atoms with Crippen LogP contribution in [0.1, 0.15) is 28.7 Å². The molecule has 0 aliphatic heterocycles. The largest absolute Gasteiger partial charge is 0.465 e. The molecule has 0 radical (unpaired) electrons. The normalized spacial score (nSPS) is 12.7. The summed E-state index contributed by atoms with van der Waals surface area (Å²) in [5, 5.41) is 0. The maximum Gasteiger partial charge on any atom is 0.123 e. The Balaban J connectivity index is 2.22. The molecule has 1 atom stereocenters. The number of nitrogens with two attached hydrogens (primary N) is 1. The van der Waals surface area contributed by atoms with Gasteiger partial charge in [0.15, 0.2) is 0 Å². The fourth-order valence-electron chi connectivity index (χ4n) is 1.96. The Morgan fingerprint density at radius 1 is 1.28 bits per heavy atom. The van der Waals surface area contributed by atoms with Crippen LogP contribution in [-0.2, 0) is 6.42 Å². The van der Waals surface area contributed by atoms with Crippen LogP contribution in [0.25, 0.3) is 0 Å². The van der Waals surface area contributed by atoms with Gasteiger partial charge >= 0.3 is 0 Å². The van der Waals surface area contributed by atoms with Crippen molar-refractivity contribution in [3.8, 4) is 0 Å². The number of benzene rings is 1. The molecule has 96 valence electrons. The molecule has 1 unspecified atom stereocenters. The van der Waals surface area contributed by atoms with Crippen LogP contribution in [0.15, 0.2) is 34.7 Å². The van der Waals surface area contributed by atoms with E-state index in [1.54, 1.807) is 6.07 Å². The van der Waals surface area contributed by atoms with Gasteiger partial charge in [0.2, 0.25) is 0 Å². The molecule has 0 saturated carbocycles. The molecule has 2 aromatic rings. The Morgan fingerprint density at radius 2 is 2.06 bits per heavy atom. The Labute approximate surface area is 106 Å². The lowest BCUT2D eigenvalue weighted by Gasteiger charge is -2.15. The Hall–Kier alpha value is -1.65. The molecule has 3 nitrogen and oxygen atoms in total. The maximum absolute atomic E-state index is 13.2. The minimum atomic E-state index is -0.234. The maximum atomic E-state index is 13.2. The summed E-state index contributed by atoms with van der Waals surface area (Å²) in [6, 6.07) is 8.38. The lowest BCUT2D eigenvalue weighted by Crippen LogP contribution is -2.29. The minimum Gasteiger partial charge on any atom is -0.465 e. The molecule has 0 bridgehead atoms. The van der Waals surface area contributed by atoms with E-state index in [2.05, 4.69) is 5.43 Å². The highest BCUT2D eigenvalue weighted by Gasteiger charge is 2.15. The molecular formula is C14H17FN2O. The van der Waals surface area contributed by atoms with Gasteiger partial charge in [-0.05, 0) is 55.7 Å². The number of furan rings is 1. The molecule has 1 heterocycles. The summed E-state index contributed by atoms with van der Waals surface area (Å²) in [6.45, 7) is 3.83. The summed E-state index contributed by atoms with van der Waals surface area (Å²) in [4.78, 5) is 0. The van der Waals surface area contributed by atoms with Crippen molar-refractivity contribution in [2.75, 3.05) is 0 Å². The van der Waals surface area contributed by atoms with Crippen LogP contribution in [-0.4, -0.2) is 0 Å². The molecule has 1 aromatic heterocycles. The van der Waals surface area contributed by atoms with Crippen molar-refractivity contribution in [2.24, 2.45) is 5.84 Å². The fraction of sp³-hybridized carbons (Fsp3) is 0.286. The van der Waals surface area contributed by atoms with Crippen LogP contribution >= 0.6 is 0 Å². The van der Waals surface area contributed by atoms with Gasteiger partial charge < -0.3 is 4.42 Å². The highest BCUT2D eigenvalue weighted by atomic mass is 19.1. The predicted octanol–water partition coefficient (Wildman–Crippen LogP) is 2.78. The zero-order valence-corrected chi connectivity index (χ0v) is 10.5. The fourth-order valence-corrected chi connectivity index (χ4v) is 1.96. The molecule has 0 spiro atoms. The third-order valence-corrected chi connectivity index (χ3v) is 3.04. The van der Waals surface area contributed by atoms with Crippen LogP contribution in [0.4, 0.5) is 4.39 Å². The van der Waals surface area contributed by atoms with Gasteiger partial charge in [0.25, 0.3) is 0 Å². The van der Waals surface area contributed by atoms with E-state index in [1.165, 1.54) is 12.1 Å². The van der Waals surface area contributed by atoms with Gasteiger partial charge in [-0.1, -0.05) is 6.07 Å². The smallest absolute Gasteiger partial charge is 0.123 e. The molecule has 1 aromatic carbocycles. The van der Waals surface area contributed by atoms with Gasteiger partial charge in [-0.15, -0.1) is 0 Å². The quantitative estimate of drug-likeness (QED) is 0.646. The number of rotatable bonds is 4. The van der Waals surface area contributed by atoms with Crippen LogP contribution in [0.5, 0.6) is 0 Å². The van der Waals surface area contributed by atoms with Gasteiger partial charge in [-0.25, -0.2) is 9.82 Å². The first-order valence-corrected chi connectivity index (χ1v) is 5.87. The molecule has 0 saturated heterocycles. The van der Waals surface area contributed by atoms with Crippen LogP contribution in [0, 0.1) is 19.7 Å². The van der Waals surface area contributed by atoms with Crippen molar-refractivity contribution in [1.29, 1.82) is 0 Å². The highest BCUT2D eigenvalue weighted by molar-refractivity contribution is 5.28. The molecule has 0 fully saturated rings. The molecule has 2 rings (SSSR count). The second-order valence-corrected chi connectivity index (χ2v) is 4.44. The van der Waals surface area contributed by atoms with E-state index in [4.69, 9.17) is 10.3 Å². The van der Waals surface area contributed by atoms with Crippen molar-refractivity contribution in [1.82, 2.24) is 5.43 Å². The average Bonchev–Trinajstić information content (AvgIpc) is 2.77. The minimum absolute atomic E-state index is 0.154. The van der Waals surface area contributed by atoms with E-state index in [-0.39, 0.29) is 11.9 Å². The zero-order chi connectivity index (χ0) is 13.1. The molecule has 3 N–H and O–H groups in total. The van der Waals surface area contributed by atoms with Gasteiger partial charge in [0.1, 0.15) is 17.3 Å². The van der Waals surface area contributed by atoms with Gasteiger partial charge in [-0.2, -0.15) is 0 Å². The third kappa shape index (κ3) is 2.78. The summed E-state index contributed by atoms with van der Waals surface area (Å²) in [6.07, 6.45) is 0.590. The molecule has 0 aliphatic rings. The third-order valence-electron chi connectivity index (χ3n) is 3.04. The Kier molecular flexibility index (Phi) is 3.79. The first-order chi connectivity index (χ1) is 8.60. The summed E-state index contributed by atoms with van der Waals surface area (Å²) < 4.78 is 18.8. The lowest BCUT2D eigenvalue weighted by atomic mass is 10.00. The van der Waals surface area contributed by atoms with Gasteiger partial charge in [-0.3, -0.25) is 5.84 Å². The van der Waals surface area contributed by atoms with E-state index in [9.17, 15) is 4.39 Å². The van der Waals surface area contributed by atoms with Gasteiger partial charge in [0, 0.05) is 0 Å². The SMILES string of the molecule is Cc1ccc(C(Cc2cc(F)ccc2C)NN)o1. The summed E-state index contributed by atoms with van der Waals surface area (Å²) >= 11 is 0. The average molecular weight is 248 g/mol. The van der Waals surface area contributed by atoms with E-state index in [1.807, 2.05) is 26.0 Å². The van der Waals surface area contributed by atoms with E-state index in [0.717, 1.165) is 22.6 Å². The highest BCUT2D eigenvalue weighted by Crippen LogP contribution is 2.22. The van der Waals surface area contributed by atoms with Crippen molar-refractivity contribution in [2.45, 2.75) is 26.3 Å². The summed E-state index contributed by atoms with van der Waals surface area (Å²) in [5.74, 6) is 6.91. The van der Waals surface area contributed by atoms with Crippen molar-refractivity contribution < 1.29 is 8.81 Å². The van der Waals surface area contributed by atoms with Crippen molar-refractivity contribution >= 4 is 0 Å². The van der Waals surface area contributed by atoms with Gasteiger partial charge in [0.05, 0.1) is 6.04 Å². The van der Waals surface area contributed by atoms with Crippen LogP contribution < -0.4 is 11.3 Å². The molecular weight excluding hydrogens is 231 g/mol. The first-order valence-electron chi connectivity index (χ1n) is 5.87. The number of hydrogen-bond acceptors (Lipinski definition) is 3. The van der Waals surface area contributed by atoms with Crippen molar-refractivity contribution in [3.05, 3.63) is 58.8 Å². The molecule has 18 heavy (non-hydrogen) atoms. The zero-order valence-electron chi connectivity index (χ0n) is 10.5. The van der Waals surface area contributed by atoms with E-state index >= 15 is 0 Å². The number of halogens is 1. The lowest BCUT2D eigenvalue weighted by molar-refractivity contribution is 0.402. The Bertz CT molecular complexity index is 536. The second-order valence-electron chi connectivity index (χ2n) is 4.44. The summed E-state index contributed by atoms with van der Waals surface area (Å²) in [5.41, 5.74) is 4.68.